The van der Waals surface area contributed by atoms with Gasteiger partial charge in [-0.2, -0.15) is 0 Å². The van der Waals surface area contributed by atoms with Crippen LogP contribution >= 0.6 is 0 Å². The third kappa shape index (κ3) is 3.89. The first-order valence-electron chi connectivity index (χ1n) is 8.53. The second-order valence-corrected chi connectivity index (χ2v) is 6.79. The van der Waals surface area contributed by atoms with Crippen molar-refractivity contribution in [2.75, 3.05) is 33.2 Å². The lowest BCUT2D eigenvalue weighted by molar-refractivity contribution is 0.111. The van der Waals surface area contributed by atoms with Gasteiger partial charge in [-0.15, -0.1) is 0 Å². The minimum Gasteiger partial charge on any atom is -0.504 e. The average Bonchev–Trinajstić information content (AvgIpc) is 2.58. The highest BCUT2D eigenvalue weighted by molar-refractivity contribution is 5.41. The van der Waals surface area contributed by atoms with Crippen molar-refractivity contribution in [1.29, 1.82) is 0 Å². The summed E-state index contributed by atoms with van der Waals surface area (Å²) >= 11 is 0. The number of phenols is 2. The molecule has 0 aliphatic carbocycles. The standard InChI is InChI=1S/C20H26N2O2/c1-15-3-6-17(7-4-15)18(22-11-9-21(2)10-12-22)13-16-5-8-19(23)20(24)14-16/h3-8,14,18,23-24H,9-13H2,1-2H3/t18-/m0/s1. The van der Waals surface area contributed by atoms with E-state index in [1.807, 2.05) is 6.07 Å². The molecule has 1 aliphatic heterocycles. The van der Waals surface area contributed by atoms with E-state index >= 15 is 0 Å². The van der Waals surface area contributed by atoms with E-state index in [0.717, 1.165) is 38.2 Å². The Labute approximate surface area is 144 Å². The summed E-state index contributed by atoms with van der Waals surface area (Å²) in [6, 6.07) is 14.2. The van der Waals surface area contributed by atoms with Gasteiger partial charge in [-0.3, -0.25) is 4.90 Å². The van der Waals surface area contributed by atoms with Gasteiger partial charge >= 0.3 is 0 Å². The van der Waals surface area contributed by atoms with E-state index < -0.39 is 0 Å². The Kier molecular flexibility index (Phi) is 5.07. The molecule has 4 heteroatoms. The molecular formula is C20H26N2O2. The highest BCUT2D eigenvalue weighted by Crippen LogP contribution is 2.30. The molecule has 1 aliphatic rings. The number of hydrogen-bond acceptors (Lipinski definition) is 4. The first-order chi connectivity index (χ1) is 11.5. The zero-order valence-corrected chi connectivity index (χ0v) is 14.4. The molecular weight excluding hydrogens is 300 g/mol. The normalized spacial score (nSPS) is 17.8. The molecule has 2 aromatic carbocycles. The van der Waals surface area contributed by atoms with Crippen LogP contribution in [0.15, 0.2) is 42.5 Å². The minimum absolute atomic E-state index is 0.0477. The van der Waals surface area contributed by atoms with Crippen molar-refractivity contribution in [1.82, 2.24) is 9.80 Å². The molecule has 128 valence electrons. The number of benzene rings is 2. The van der Waals surface area contributed by atoms with Crippen LogP contribution in [0.3, 0.4) is 0 Å². The SMILES string of the molecule is Cc1ccc([C@H](Cc2ccc(O)c(O)c2)N2CCN(C)CC2)cc1. The van der Waals surface area contributed by atoms with Crippen LogP contribution in [0.25, 0.3) is 0 Å². The van der Waals surface area contributed by atoms with Crippen LogP contribution in [0.2, 0.25) is 0 Å². The van der Waals surface area contributed by atoms with Gasteiger partial charge in [-0.05, 0) is 43.7 Å². The summed E-state index contributed by atoms with van der Waals surface area (Å²) in [5, 5.41) is 19.3. The van der Waals surface area contributed by atoms with E-state index in [1.165, 1.54) is 11.1 Å². The summed E-state index contributed by atoms with van der Waals surface area (Å²) < 4.78 is 0. The number of hydrogen-bond donors (Lipinski definition) is 2. The molecule has 2 N–H and O–H groups in total. The summed E-state index contributed by atoms with van der Waals surface area (Å²) in [4.78, 5) is 4.88. The number of aromatic hydroxyl groups is 2. The molecule has 1 heterocycles. The lowest BCUT2D eigenvalue weighted by Crippen LogP contribution is -2.46. The predicted molar refractivity (Wildman–Crippen MR) is 96.5 cm³/mol. The summed E-state index contributed by atoms with van der Waals surface area (Å²) in [5.41, 5.74) is 3.60. The van der Waals surface area contributed by atoms with Gasteiger partial charge in [0.05, 0.1) is 0 Å². The molecule has 3 rings (SSSR count). The number of phenolic OH excluding ortho intramolecular Hbond substituents is 2. The number of piperazine rings is 1. The lowest BCUT2D eigenvalue weighted by atomic mass is 9.95. The number of nitrogens with zero attached hydrogens (tertiary/aromatic N) is 2. The zero-order valence-electron chi connectivity index (χ0n) is 14.4. The molecule has 0 amide bonds. The van der Waals surface area contributed by atoms with Gasteiger partial charge in [0.2, 0.25) is 0 Å². The van der Waals surface area contributed by atoms with Crippen LogP contribution in [0.4, 0.5) is 0 Å². The molecule has 2 aromatic rings. The highest BCUT2D eigenvalue weighted by atomic mass is 16.3. The van der Waals surface area contributed by atoms with Crippen LogP contribution < -0.4 is 0 Å². The molecule has 1 atom stereocenters. The van der Waals surface area contributed by atoms with E-state index in [9.17, 15) is 10.2 Å². The molecule has 4 nitrogen and oxygen atoms in total. The van der Waals surface area contributed by atoms with E-state index in [1.54, 1.807) is 12.1 Å². The van der Waals surface area contributed by atoms with Crippen LogP contribution in [0.5, 0.6) is 11.5 Å². The number of likely N-dealkylation sites (N-methyl/N-ethyl adjacent to an activating group) is 1. The molecule has 1 fully saturated rings. The van der Waals surface area contributed by atoms with E-state index in [4.69, 9.17) is 0 Å². The Morgan fingerprint density at radius 1 is 0.917 bits per heavy atom. The van der Waals surface area contributed by atoms with Crippen LogP contribution in [0.1, 0.15) is 22.7 Å². The van der Waals surface area contributed by atoms with Crippen molar-refractivity contribution >= 4 is 0 Å². The molecule has 0 spiro atoms. The quantitative estimate of drug-likeness (QED) is 0.848. The van der Waals surface area contributed by atoms with Crippen molar-refractivity contribution in [3.63, 3.8) is 0 Å². The monoisotopic (exact) mass is 326 g/mol. The molecule has 0 unspecified atom stereocenters. The van der Waals surface area contributed by atoms with Crippen LogP contribution in [-0.4, -0.2) is 53.2 Å². The fraction of sp³-hybridized carbons (Fsp3) is 0.400. The second kappa shape index (κ2) is 7.24. The molecule has 24 heavy (non-hydrogen) atoms. The maximum absolute atomic E-state index is 9.79. The van der Waals surface area contributed by atoms with Gasteiger partial charge in [0.15, 0.2) is 11.5 Å². The minimum atomic E-state index is -0.0646. The van der Waals surface area contributed by atoms with Gasteiger partial charge in [-0.1, -0.05) is 35.9 Å². The zero-order chi connectivity index (χ0) is 17.1. The fourth-order valence-electron chi connectivity index (χ4n) is 3.30. The Morgan fingerprint density at radius 2 is 1.58 bits per heavy atom. The Morgan fingerprint density at radius 3 is 2.21 bits per heavy atom. The van der Waals surface area contributed by atoms with Crippen molar-refractivity contribution in [3.05, 3.63) is 59.2 Å². The topological polar surface area (TPSA) is 46.9 Å². The maximum Gasteiger partial charge on any atom is 0.157 e. The summed E-state index contributed by atoms with van der Waals surface area (Å²) in [7, 11) is 2.16. The van der Waals surface area contributed by atoms with Crippen LogP contribution in [0, 0.1) is 6.92 Å². The molecule has 0 saturated carbocycles. The molecule has 1 saturated heterocycles. The number of aryl methyl sites for hydroxylation is 1. The lowest BCUT2D eigenvalue weighted by Gasteiger charge is -2.38. The maximum atomic E-state index is 9.79. The average molecular weight is 326 g/mol. The molecule has 0 aromatic heterocycles. The third-order valence-corrected chi connectivity index (χ3v) is 4.91. The van der Waals surface area contributed by atoms with Crippen molar-refractivity contribution in [3.8, 4) is 11.5 Å². The Hall–Kier alpha value is -2.04. The predicted octanol–water partition coefficient (Wildman–Crippen LogP) is 2.94. The van der Waals surface area contributed by atoms with Gasteiger partial charge in [-0.25, -0.2) is 0 Å². The van der Waals surface area contributed by atoms with Crippen molar-refractivity contribution in [2.24, 2.45) is 0 Å². The summed E-state index contributed by atoms with van der Waals surface area (Å²) in [6.45, 7) is 6.33. The first-order valence-corrected chi connectivity index (χ1v) is 8.53. The first kappa shape index (κ1) is 16.8. The molecule has 0 radical (unpaired) electrons. The van der Waals surface area contributed by atoms with Gasteiger partial charge in [0, 0.05) is 32.2 Å². The summed E-state index contributed by atoms with van der Waals surface area (Å²) in [5.74, 6) is -0.112. The Bertz CT molecular complexity index is 677. The summed E-state index contributed by atoms with van der Waals surface area (Å²) in [6.07, 6.45) is 0.820. The van der Waals surface area contributed by atoms with Gasteiger partial charge in [0.1, 0.15) is 0 Å². The smallest absolute Gasteiger partial charge is 0.157 e. The Balaban J connectivity index is 1.86. The van der Waals surface area contributed by atoms with Crippen molar-refractivity contribution in [2.45, 2.75) is 19.4 Å². The third-order valence-electron chi connectivity index (χ3n) is 4.91. The van der Waals surface area contributed by atoms with E-state index in [-0.39, 0.29) is 17.5 Å². The van der Waals surface area contributed by atoms with Gasteiger partial charge in [0.25, 0.3) is 0 Å². The number of rotatable bonds is 4. The van der Waals surface area contributed by atoms with E-state index in [0.29, 0.717) is 0 Å². The van der Waals surface area contributed by atoms with Gasteiger partial charge < -0.3 is 15.1 Å². The second-order valence-electron chi connectivity index (χ2n) is 6.79. The largest absolute Gasteiger partial charge is 0.504 e. The highest BCUT2D eigenvalue weighted by Gasteiger charge is 2.24. The van der Waals surface area contributed by atoms with Crippen LogP contribution in [-0.2, 0) is 6.42 Å². The fourth-order valence-corrected chi connectivity index (χ4v) is 3.30. The molecule has 0 bridgehead atoms. The van der Waals surface area contributed by atoms with E-state index in [2.05, 4.69) is 48.0 Å². The van der Waals surface area contributed by atoms with Crippen molar-refractivity contribution < 1.29 is 10.2 Å².